The molecule has 166 valence electrons. The highest BCUT2D eigenvalue weighted by atomic mass is 35.5. The van der Waals surface area contributed by atoms with Crippen LogP contribution in [0, 0.1) is 0 Å². The van der Waals surface area contributed by atoms with E-state index in [4.69, 9.17) is 15.5 Å². The average Bonchev–Trinajstić information content (AvgIpc) is 3.13. The highest BCUT2D eigenvalue weighted by Gasteiger charge is 2.45. The van der Waals surface area contributed by atoms with Gasteiger partial charge < -0.3 is 25.5 Å². The molecule has 0 saturated heterocycles. The minimum Gasteiger partial charge on any atom is -0.458 e. The van der Waals surface area contributed by atoms with Crippen molar-refractivity contribution in [3.05, 3.63) is 57.4 Å². The summed E-state index contributed by atoms with van der Waals surface area (Å²) < 4.78 is 6.66. The molecule has 1 amide bonds. The van der Waals surface area contributed by atoms with Crippen LogP contribution in [0.1, 0.15) is 30.0 Å². The second-order valence-corrected chi connectivity index (χ2v) is 7.72. The van der Waals surface area contributed by atoms with E-state index in [0.717, 1.165) is 10.9 Å². The molecule has 2 aliphatic heterocycles. The van der Waals surface area contributed by atoms with Gasteiger partial charge in [0.1, 0.15) is 6.61 Å². The number of carbonyl (C=O) groups excluding carboxylic acids is 2. The third kappa shape index (κ3) is 3.01. The Labute approximate surface area is 188 Å². The number of hydrogen-bond acceptors (Lipinski definition) is 7. The summed E-state index contributed by atoms with van der Waals surface area (Å²) in [4.78, 5) is 42.0. The second kappa shape index (κ2) is 7.70. The third-order valence-electron chi connectivity index (χ3n) is 6.01. The molecule has 0 radical (unpaired) electrons. The lowest BCUT2D eigenvalue weighted by atomic mass is 9.86. The quantitative estimate of drug-likeness (QED) is 0.396. The molecule has 10 heteroatoms. The van der Waals surface area contributed by atoms with Crippen molar-refractivity contribution in [1.29, 1.82) is 0 Å². The van der Waals surface area contributed by atoms with Crippen LogP contribution >= 0.6 is 12.4 Å². The van der Waals surface area contributed by atoms with E-state index in [2.05, 4.69) is 5.32 Å². The first kappa shape index (κ1) is 21.9. The van der Waals surface area contributed by atoms with Gasteiger partial charge in [-0.05, 0) is 30.7 Å². The first-order chi connectivity index (χ1) is 14.9. The molecule has 1 aromatic carbocycles. The number of aromatic nitrogens is 2. The second-order valence-electron chi connectivity index (χ2n) is 7.72. The summed E-state index contributed by atoms with van der Waals surface area (Å²) in [5.41, 5.74) is 6.96. The first-order valence-electron chi connectivity index (χ1n) is 9.97. The Kier molecular flexibility index (Phi) is 5.28. The molecule has 4 heterocycles. The van der Waals surface area contributed by atoms with E-state index in [9.17, 15) is 19.5 Å². The third-order valence-corrected chi connectivity index (χ3v) is 6.01. The van der Waals surface area contributed by atoms with Crippen LogP contribution in [0.15, 0.2) is 35.1 Å². The Hall–Kier alpha value is -3.27. The number of nitrogens with two attached hydrogens (primary N) is 1. The fourth-order valence-electron chi connectivity index (χ4n) is 4.31. The van der Waals surface area contributed by atoms with Crippen LogP contribution in [0.25, 0.3) is 22.3 Å². The highest BCUT2D eigenvalue weighted by molar-refractivity contribution is 6.02. The van der Waals surface area contributed by atoms with Gasteiger partial charge in [0.25, 0.3) is 5.56 Å². The van der Waals surface area contributed by atoms with Gasteiger partial charge >= 0.3 is 5.97 Å². The van der Waals surface area contributed by atoms with Crippen molar-refractivity contribution in [3.63, 3.8) is 0 Å². The number of cyclic esters (lactones) is 1. The van der Waals surface area contributed by atoms with Crippen molar-refractivity contribution in [3.8, 4) is 11.4 Å². The molecule has 0 spiro atoms. The molecule has 0 fully saturated rings. The van der Waals surface area contributed by atoms with Crippen molar-refractivity contribution in [2.24, 2.45) is 5.73 Å². The maximum atomic E-state index is 13.2. The SMILES string of the molecule is CC[C@@]1(O)C(=O)OCc2c1cc1n(c2=O)Cc2cc3c(NC(=O)CN)cccc3nc2-1.Cl. The number of nitrogens with one attached hydrogen (secondary N) is 1. The lowest BCUT2D eigenvalue weighted by Gasteiger charge is -2.31. The van der Waals surface area contributed by atoms with Gasteiger partial charge in [-0.25, -0.2) is 9.78 Å². The molecule has 1 atom stereocenters. The number of fused-ring (bicyclic) bond motifs is 5. The molecule has 9 nitrogen and oxygen atoms in total. The molecular weight excluding hydrogens is 436 g/mol. The maximum absolute atomic E-state index is 13.2. The van der Waals surface area contributed by atoms with Crippen LogP contribution in [-0.4, -0.2) is 33.1 Å². The number of nitrogens with zero attached hydrogens (tertiary/aromatic N) is 2. The number of esters is 1. The number of ether oxygens (including phenoxy) is 1. The number of amides is 1. The summed E-state index contributed by atoms with van der Waals surface area (Å²) in [6.07, 6.45) is 0.0872. The molecule has 32 heavy (non-hydrogen) atoms. The first-order valence-corrected chi connectivity index (χ1v) is 9.97. The van der Waals surface area contributed by atoms with Crippen LogP contribution in [0.2, 0.25) is 0 Å². The van der Waals surface area contributed by atoms with Crippen LogP contribution < -0.4 is 16.6 Å². The maximum Gasteiger partial charge on any atom is 0.343 e. The van der Waals surface area contributed by atoms with Crippen LogP contribution in [0.4, 0.5) is 5.69 Å². The molecule has 2 aromatic heterocycles. The Morgan fingerprint density at radius 3 is 2.84 bits per heavy atom. The number of halogens is 1. The van der Waals surface area contributed by atoms with Crippen LogP contribution in [0.3, 0.4) is 0 Å². The Bertz CT molecular complexity index is 1350. The fraction of sp³-hybridized carbons (Fsp3) is 0.273. The number of benzene rings is 1. The van der Waals surface area contributed by atoms with E-state index >= 15 is 0 Å². The molecule has 0 bridgehead atoms. The Balaban J connectivity index is 0.00000245. The van der Waals surface area contributed by atoms with Gasteiger partial charge in [0.2, 0.25) is 5.91 Å². The lowest BCUT2D eigenvalue weighted by Crippen LogP contribution is -2.44. The number of aliphatic hydroxyl groups is 1. The molecule has 3 aromatic rings. The van der Waals surface area contributed by atoms with E-state index in [1.54, 1.807) is 29.7 Å². The number of carbonyl (C=O) groups is 2. The summed E-state index contributed by atoms with van der Waals surface area (Å²) in [7, 11) is 0. The minimum absolute atomic E-state index is 0. The van der Waals surface area contributed by atoms with E-state index in [0.29, 0.717) is 22.6 Å². The summed E-state index contributed by atoms with van der Waals surface area (Å²) in [5.74, 6) is -1.07. The van der Waals surface area contributed by atoms with E-state index in [-0.39, 0.29) is 61.1 Å². The monoisotopic (exact) mass is 456 g/mol. The molecule has 0 unspecified atom stereocenters. The number of anilines is 1. The minimum atomic E-state index is -1.86. The zero-order chi connectivity index (χ0) is 21.9. The van der Waals surface area contributed by atoms with Crippen molar-refractivity contribution < 1.29 is 19.4 Å². The summed E-state index contributed by atoms with van der Waals surface area (Å²) in [6, 6.07) is 8.91. The standard InChI is InChI=1S/C22H20N4O5.ClH/c1-2-22(30)14-7-17-19-11(9-26(17)20(28)13(14)10-31-21(22)29)6-12-15(24-18(27)8-23)4-3-5-16(12)25-19;/h3-7,30H,2,8-10,23H2,1H3,(H,24,27);1H/t22-;/m0./s1. The van der Waals surface area contributed by atoms with Gasteiger partial charge in [0, 0.05) is 16.5 Å². The Morgan fingerprint density at radius 1 is 1.34 bits per heavy atom. The van der Waals surface area contributed by atoms with Gasteiger partial charge in [0.05, 0.1) is 41.2 Å². The summed E-state index contributed by atoms with van der Waals surface area (Å²) >= 11 is 0. The molecule has 2 aliphatic rings. The van der Waals surface area contributed by atoms with Crippen LogP contribution in [0.5, 0.6) is 0 Å². The molecular formula is C22H21ClN4O5. The van der Waals surface area contributed by atoms with E-state index in [1.165, 1.54) is 0 Å². The van der Waals surface area contributed by atoms with Gasteiger partial charge in [0.15, 0.2) is 5.60 Å². The molecule has 0 saturated carbocycles. The highest BCUT2D eigenvalue weighted by Crippen LogP contribution is 2.39. The van der Waals surface area contributed by atoms with E-state index in [1.807, 2.05) is 12.1 Å². The summed E-state index contributed by atoms with van der Waals surface area (Å²) in [5, 5.41) is 14.4. The van der Waals surface area contributed by atoms with Gasteiger partial charge in [-0.15, -0.1) is 12.4 Å². The molecule has 4 N–H and O–H groups in total. The number of rotatable bonds is 3. The van der Waals surface area contributed by atoms with Crippen molar-refractivity contribution >= 4 is 40.9 Å². The van der Waals surface area contributed by atoms with Crippen molar-refractivity contribution in [1.82, 2.24) is 9.55 Å². The largest absolute Gasteiger partial charge is 0.458 e. The fourth-order valence-corrected chi connectivity index (χ4v) is 4.31. The lowest BCUT2D eigenvalue weighted by molar-refractivity contribution is -0.172. The Morgan fingerprint density at radius 2 is 2.12 bits per heavy atom. The molecule has 0 aliphatic carbocycles. The van der Waals surface area contributed by atoms with Crippen molar-refractivity contribution in [2.75, 3.05) is 11.9 Å². The topological polar surface area (TPSA) is 137 Å². The van der Waals surface area contributed by atoms with Crippen LogP contribution in [-0.2, 0) is 33.1 Å². The van der Waals surface area contributed by atoms with Crippen molar-refractivity contribution in [2.45, 2.75) is 32.1 Å². The normalized spacial score (nSPS) is 18.3. The number of hydrogen-bond donors (Lipinski definition) is 3. The van der Waals surface area contributed by atoms with Gasteiger partial charge in [-0.1, -0.05) is 13.0 Å². The zero-order valence-corrected chi connectivity index (χ0v) is 18.0. The average molecular weight is 457 g/mol. The summed E-state index contributed by atoms with van der Waals surface area (Å²) in [6.45, 7) is 1.65. The van der Waals surface area contributed by atoms with Gasteiger partial charge in [-0.2, -0.15) is 0 Å². The zero-order valence-electron chi connectivity index (χ0n) is 17.2. The van der Waals surface area contributed by atoms with E-state index < -0.39 is 11.6 Å². The number of pyridine rings is 2. The molecule has 5 rings (SSSR count). The predicted molar refractivity (Wildman–Crippen MR) is 119 cm³/mol. The predicted octanol–water partition coefficient (Wildman–Crippen LogP) is 1.40. The smallest absolute Gasteiger partial charge is 0.343 e. The van der Waals surface area contributed by atoms with Gasteiger partial charge in [-0.3, -0.25) is 9.59 Å².